The van der Waals surface area contributed by atoms with Crippen molar-refractivity contribution < 1.29 is 14.3 Å². The number of methoxy groups -OCH3 is 1. The number of rotatable bonds is 4. The number of carbonyl (C=O) groups is 2. The van der Waals surface area contributed by atoms with Crippen LogP contribution in [0.2, 0.25) is 0 Å². The Morgan fingerprint density at radius 2 is 1.62 bits per heavy atom. The van der Waals surface area contributed by atoms with Gasteiger partial charge in [-0.3, -0.25) is 5.32 Å². The Balaban J connectivity index is 1.58. The fourth-order valence-electron chi connectivity index (χ4n) is 2.56. The number of hydrogen-bond acceptors (Lipinski definition) is 3. The van der Waals surface area contributed by atoms with E-state index in [2.05, 4.69) is 20.7 Å². The van der Waals surface area contributed by atoms with Crippen LogP contribution in [0.5, 0.6) is 0 Å². The molecule has 0 unspecified atom stereocenters. The van der Waals surface area contributed by atoms with Gasteiger partial charge in [-0.25, -0.2) is 9.59 Å². The van der Waals surface area contributed by atoms with Gasteiger partial charge in [0.25, 0.3) is 0 Å². The third-order valence-corrected chi connectivity index (χ3v) is 3.88. The van der Waals surface area contributed by atoms with E-state index >= 15 is 0 Å². The maximum absolute atomic E-state index is 12.2. The van der Waals surface area contributed by atoms with Crippen molar-refractivity contribution in [1.29, 1.82) is 0 Å². The summed E-state index contributed by atoms with van der Waals surface area (Å²) in [6.07, 6.45) is -0.523. The van der Waals surface area contributed by atoms with Gasteiger partial charge in [-0.05, 0) is 29.1 Å². The van der Waals surface area contributed by atoms with E-state index in [1.165, 1.54) is 7.11 Å². The second kappa shape index (κ2) is 8.02. The van der Waals surface area contributed by atoms with Crippen LogP contribution < -0.4 is 16.0 Å². The molecule has 6 heteroatoms. The van der Waals surface area contributed by atoms with Gasteiger partial charge in [0.2, 0.25) is 0 Å². The zero-order chi connectivity index (χ0) is 18.4. The predicted molar refractivity (Wildman–Crippen MR) is 102 cm³/mol. The number of fused-ring (bicyclic) bond motifs is 1. The number of ether oxygens (including phenoxy) is 1. The first-order chi connectivity index (χ1) is 12.7. The molecule has 0 fully saturated rings. The van der Waals surface area contributed by atoms with Crippen molar-refractivity contribution in [2.24, 2.45) is 0 Å². The van der Waals surface area contributed by atoms with Crippen LogP contribution in [0.3, 0.4) is 0 Å². The molecule has 3 aromatic carbocycles. The molecule has 3 N–H and O–H groups in total. The molecule has 0 radical (unpaired) electrons. The molecule has 3 rings (SSSR count). The van der Waals surface area contributed by atoms with Crippen molar-refractivity contribution >= 4 is 34.3 Å². The number of carbonyl (C=O) groups excluding carboxylic acids is 2. The molecular weight excluding hydrogens is 330 g/mol. The van der Waals surface area contributed by atoms with Crippen LogP contribution in [-0.2, 0) is 11.3 Å². The molecular formula is C20H19N3O3. The SMILES string of the molecule is COC(=O)Nc1ccc(CNC(=O)Nc2cccc3ccccc23)cc1. The van der Waals surface area contributed by atoms with E-state index < -0.39 is 6.09 Å². The van der Waals surface area contributed by atoms with Gasteiger partial charge in [-0.2, -0.15) is 0 Å². The van der Waals surface area contributed by atoms with Crippen LogP contribution in [0.1, 0.15) is 5.56 Å². The largest absolute Gasteiger partial charge is 0.453 e. The van der Waals surface area contributed by atoms with Crippen LogP contribution in [0.15, 0.2) is 66.7 Å². The highest BCUT2D eigenvalue weighted by atomic mass is 16.5. The van der Waals surface area contributed by atoms with Gasteiger partial charge in [0.15, 0.2) is 0 Å². The lowest BCUT2D eigenvalue weighted by molar-refractivity contribution is 0.187. The quantitative estimate of drug-likeness (QED) is 0.655. The smallest absolute Gasteiger partial charge is 0.411 e. The van der Waals surface area contributed by atoms with E-state index in [1.807, 2.05) is 54.6 Å². The van der Waals surface area contributed by atoms with Crippen molar-refractivity contribution in [2.45, 2.75) is 6.54 Å². The van der Waals surface area contributed by atoms with Gasteiger partial charge in [0.1, 0.15) is 0 Å². The van der Waals surface area contributed by atoms with E-state index in [0.29, 0.717) is 12.2 Å². The van der Waals surface area contributed by atoms with Crippen molar-refractivity contribution in [3.63, 3.8) is 0 Å². The third-order valence-electron chi connectivity index (χ3n) is 3.88. The standard InChI is InChI=1S/C20H19N3O3/c1-26-20(25)22-16-11-9-14(10-12-16)13-21-19(24)23-18-8-4-6-15-5-2-3-7-17(15)18/h2-12H,13H2,1H3,(H,22,25)(H2,21,23,24). The first-order valence-corrected chi connectivity index (χ1v) is 8.12. The van der Waals surface area contributed by atoms with Crippen molar-refractivity contribution in [1.82, 2.24) is 5.32 Å². The second-order valence-corrected chi connectivity index (χ2v) is 5.65. The number of urea groups is 1. The predicted octanol–water partition coefficient (Wildman–Crippen LogP) is 4.34. The Morgan fingerprint density at radius 1 is 0.885 bits per heavy atom. The lowest BCUT2D eigenvalue weighted by Gasteiger charge is -2.10. The Labute approximate surface area is 151 Å². The molecule has 3 amide bonds. The van der Waals surface area contributed by atoms with Crippen molar-refractivity contribution in [3.8, 4) is 0 Å². The minimum absolute atomic E-state index is 0.280. The summed E-state index contributed by atoms with van der Waals surface area (Å²) < 4.78 is 4.54. The van der Waals surface area contributed by atoms with E-state index in [9.17, 15) is 9.59 Å². The maximum Gasteiger partial charge on any atom is 0.411 e. The van der Waals surface area contributed by atoms with Gasteiger partial charge in [-0.15, -0.1) is 0 Å². The number of anilines is 2. The molecule has 0 aliphatic carbocycles. The van der Waals surface area contributed by atoms with Crippen molar-refractivity contribution in [3.05, 3.63) is 72.3 Å². The zero-order valence-electron chi connectivity index (χ0n) is 14.3. The first-order valence-electron chi connectivity index (χ1n) is 8.12. The fraction of sp³-hybridized carbons (Fsp3) is 0.100. The van der Waals surface area contributed by atoms with E-state index in [4.69, 9.17) is 0 Å². The average Bonchev–Trinajstić information content (AvgIpc) is 2.67. The van der Waals surface area contributed by atoms with Crippen LogP contribution >= 0.6 is 0 Å². The number of benzene rings is 3. The summed E-state index contributed by atoms with van der Waals surface area (Å²) in [7, 11) is 1.31. The Hall–Kier alpha value is -3.54. The molecule has 132 valence electrons. The molecule has 6 nitrogen and oxygen atoms in total. The summed E-state index contributed by atoms with van der Waals surface area (Å²) >= 11 is 0. The Kier molecular flexibility index (Phi) is 5.34. The monoisotopic (exact) mass is 349 g/mol. The third kappa shape index (κ3) is 4.30. The molecule has 26 heavy (non-hydrogen) atoms. The van der Waals surface area contributed by atoms with E-state index in [1.54, 1.807) is 12.1 Å². The highest BCUT2D eigenvalue weighted by Crippen LogP contribution is 2.22. The topological polar surface area (TPSA) is 79.5 Å². The molecule has 3 aromatic rings. The molecule has 0 bridgehead atoms. The highest BCUT2D eigenvalue weighted by Gasteiger charge is 2.06. The summed E-state index contributed by atoms with van der Waals surface area (Å²) in [5.74, 6) is 0. The van der Waals surface area contributed by atoms with Gasteiger partial charge >= 0.3 is 12.1 Å². The minimum Gasteiger partial charge on any atom is -0.453 e. The van der Waals surface area contributed by atoms with Crippen molar-refractivity contribution in [2.75, 3.05) is 17.7 Å². The summed E-state index contributed by atoms with van der Waals surface area (Å²) in [5.41, 5.74) is 2.30. The fourth-order valence-corrected chi connectivity index (χ4v) is 2.56. The molecule has 0 spiro atoms. The number of amides is 3. The zero-order valence-corrected chi connectivity index (χ0v) is 14.3. The highest BCUT2D eigenvalue weighted by molar-refractivity contribution is 6.01. The summed E-state index contributed by atoms with van der Waals surface area (Å²) in [4.78, 5) is 23.3. The molecule has 0 aliphatic heterocycles. The lowest BCUT2D eigenvalue weighted by Crippen LogP contribution is -2.28. The van der Waals surface area contributed by atoms with Gasteiger partial charge in [-0.1, -0.05) is 48.5 Å². The van der Waals surface area contributed by atoms with Gasteiger partial charge < -0.3 is 15.4 Å². The Bertz CT molecular complexity index is 918. The molecule has 0 saturated heterocycles. The minimum atomic E-state index is -0.523. The summed E-state index contributed by atoms with van der Waals surface area (Å²) in [6, 6.07) is 20.5. The summed E-state index contributed by atoms with van der Waals surface area (Å²) in [5, 5.41) is 10.3. The maximum atomic E-state index is 12.2. The average molecular weight is 349 g/mol. The van der Waals surface area contributed by atoms with E-state index in [-0.39, 0.29) is 6.03 Å². The normalized spacial score (nSPS) is 10.2. The Morgan fingerprint density at radius 3 is 2.38 bits per heavy atom. The second-order valence-electron chi connectivity index (χ2n) is 5.65. The van der Waals surface area contributed by atoms with E-state index in [0.717, 1.165) is 22.0 Å². The van der Waals surface area contributed by atoms with Crippen LogP contribution in [0.4, 0.5) is 21.0 Å². The summed E-state index contributed by atoms with van der Waals surface area (Å²) in [6.45, 7) is 0.370. The number of nitrogens with one attached hydrogen (secondary N) is 3. The van der Waals surface area contributed by atoms with Crippen LogP contribution in [-0.4, -0.2) is 19.2 Å². The number of hydrogen-bond donors (Lipinski definition) is 3. The molecule has 0 heterocycles. The van der Waals surface area contributed by atoms with Crippen LogP contribution in [0.25, 0.3) is 10.8 Å². The molecule has 0 saturated carbocycles. The molecule has 0 atom stereocenters. The van der Waals surface area contributed by atoms with Gasteiger partial charge in [0.05, 0.1) is 12.8 Å². The lowest BCUT2D eigenvalue weighted by atomic mass is 10.1. The first kappa shape index (κ1) is 17.3. The molecule has 0 aromatic heterocycles. The van der Waals surface area contributed by atoms with Crippen LogP contribution in [0, 0.1) is 0 Å². The van der Waals surface area contributed by atoms with Gasteiger partial charge in [0, 0.05) is 17.6 Å². The molecule has 0 aliphatic rings.